The van der Waals surface area contributed by atoms with E-state index in [1.807, 2.05) is 17.5 Å². The summed E-state index contributed by atoms with van der Waals surface area (Å²) in [5.41, 5.74) is 2.11. The first kappa shape index (κ1) is 23.4. The third kappa shape index (κ3) is 4.62. The number of amides is 2. The molecule has 1 saturated heterocycles. The van der Waals surface area contributed by atoms with Crippen molar-refractivity contribution in [1.82, 2.24) is 4.98 Å². The van der Waals surface area contributed by atoms with Gasteiger partial charge in [-0.15, -0.1) is 11.3 Å². The zero-order valence-electron chi connectivity index (χ0n) is 19.3. The van der Waals surface area contributed by atoms with Crippen LogP contribution in [0.5, 0.6) is 23.0 Å². The minimum Gasteiger partial charge on any atom is -0.497 e. The molecule has 1 aliphatic heterocycles. The SMILES string of the molecule is COc1ccc(OC)c(N2CC(C(=O)Nc3nc(-c4ccc(OC)c(OC)c4)cs3)CC2=O)c1. The Kier molecular flexibility index (Phi) is 6.87. The zero-order chi connectivity index (χ0) is 24.2. The molecule has 0 bridgehead atoms. The lowest BCUT2D eigenvalue weighted by molar-refractivity contribution is -0.122. The molecule has 1 unspecified atom stereocenters. The Hall–Kier alpha value is -3.79. The van der Waals surface area contributed by atoms with Gasteiger partial charge in [-0.3, -0.25) is 9.59 Å². The van der Waals surface area contributed by atoms with E-state index in [-0.39, 0.29) is 24.8 Å². The smallest absolute Gasteiger partial charge is 0.231 e. The minimum atomic E-state index is -0.517. The number of methoxy groups -OCH3 is 4. The van der Waals surface area contributed by atoms with Crippen LogP contribution in [-0.2, 0) is 9.59 Å². The second kappa shape index (κ2) is 10.0. The first-order chi connectivity index (χ1) is 16.5. The summed E-state index contributed by atoms with van der Waals surface area (Å²) in [6, 6.07) is 10.7. The number of hydrogen-bond donors (Lipinski definition) is 1. The monoisotopic (exact) mass is 483 g/mol. The van der Waals surface area contributed by atoms with Gasteiger partial charge in [0.05, 0.1) is 45.7 Å². The highest BCUT2D eigenvalue weighted by atomic mass is 32.1. The van der Waals surface area contributed by atoms with Gasteiger partial charge in [0.1, 0.15) is 11.5 Å². The minimum absolute atomic E-state index is 0.0973. The number of thiazole rings is 1. The highest BCUT2D eigenvalue weighted by Crippen LogP contribution is 2.37. The van der Waals surface area contributed by atoms with Gasteiger partial charge in [-0.2, -0.15) is 0 Å². The van der Waals surface area contributed by atoms with E-state index in [1.54, 1.807) is 50.5 Å². The number of hydrogen-bond acceptors (Lipinski definition) is 8. The molecule has 1 aromatic heterocycles. The standard InChI is InChI=1S/C24H25N3O6S/c1-30-16-6-8-19(31-2)18(11-16)27-12-15(10-22(27)28)23(29)26-24-25-17(13-34-24)14-5-7-20(32-3)21(9-14)33-4/h5-9,11,13,15H,10,12H2,1-4H3,(H,25,26,29). The number of ether oxygens (including phenoxy) is 4. The highest BCUT2D eigenvalue weighted by Gasteiger charge is 2.36. The van der Waals surface area contributed by atoms with Gasteiger partial charge in [0, 0.05) is 30.0 Å². The van der Waals surface area contributed by atoms with Crippen LogP contribution in [0.25, 0.3) is 11.3 Å². The fourth-order valence-corrected chi connectivity index (χ4v) is 4.51. The van der Waals surface area contributed by atoms with E-state index in [1.165, 1.54) is 18.4 Å². The molecule has 0 aliphatic carbocycles. The summed E-state index contributed by atoms with van der Waals surface area (Å²) in [6.07, 6.45) is 0.0973. The summed E-state index contributed by atoms with van der Waals surface area (Å²) in [4.78, 5) is 31.7. The molecule has 2 aromatic carbocycles. The van der Waals surface area contributed by atoms with Gasteiger partial charge in [-0.25, -0.2) is 4.98 Å². The summed E-state index contributed by atoms with van der Waals surface area (Å²) < 4.78 is 21.3. The van der Waals surface area contributed by atoms with E-state index in [2.05, 4.69) is 10.3 Å². The maximum Gasteiger partial charge on any atom is 0.231 e. The molecular formula is C24H25N3O6S. The van der Waals surface area contributed by atoms with Crippen molar-refractivity contribution < 1.29 is 28.5 Å². The average molecular weight is 484 g/mol. The Labute approximate surface area is 201 Å². The largest absolute Gasteiger partial charge is 0.497 e. The van der Waals surface area contributed by atoms with Crippen LogP contribution in [0.4, 0.5) is 10.8 Å². The lowest BCUT2D eigenvalue weighted by atomic mass is 10.1. The number of carbonyl (C=O) groups is 2. The molecular weight excluding hydrogens is 458 g/mol. The van der Waals surface area contributed by atoms with Crippen molar-refractivity contribution in [2.24, 2.45) is 5.92 Å². The molecule has 1 atom stereocenters. The Balaban J connectivity index is 1.47. The number of aromatic nitrogens is 1. The maximum atomic E-state index is 12.9. The summed E-state index contributed by atoms with van der Waals surface area (Å²) in [5, 5.41) is 5.16. The molecule has 10 heteroatoms. The topological polar surface area (TPSA) is 99.2 Å². The van der Waals surface area contributed by atoms with Crippen molar-refractivity contribution in [2.75, 3.05) is 45.2 Å². The van der Waals surface area contributed by atoms with Crippen LogP contribution in [0.15, 0.2) is 41.8 Å². The number of benzene rings is 2. The molecule has 2 amide bonds. The van der Waals surface area contributed by atoms with Gasteiger partial charge in [0.25, 0.3) is 0 Å². The zero-order valence-corrected chi connectivity index (χ0v) is 20.1. The van der Waals surface area contributed by atoms with Crippen LogP contribution in [0.3, 0.4) is 0 Å². The molecule has 0 radical (unpaired) electrons. The fraction of sp³-hybridized carbons (Fsp3) is 0.292. The number of carbonyl (C=O) groups excluding carboxylic acids is 2. The van der Waals surface area contributed by atoms with E-state index in [9.17, 15) is 9.59 Å². The third-order valence-electron chi connectivity index (χ3n) is 5.59. The lowest BCUT2D eigenvalue weighted by Gasteiger charge is -2.20. The number of nitrogens with one attached hydrogen (secondary N) is 1. The Morgan fingerprint density at radius 2 is 1.74 bits per heavy atom. The van der Waals surface area contributed by atoms with Crippen molar-refractivity contribution in [1.29, 1.82) is 0 Å². The molecule has 1 fully saturated rings. The highest BCUT2D eigenvalue weighted by molar-refractivity contribution is 7.14. The predicted molar refractivity (Wildman–Crippen MR) is 129 cm³/mol. The van der Waals surface area contributed by atoms with Gasteiger partial charge < -0.3 is 29.2 Å². The summed E-state index contributed by atoms with van der Waals surface area (Å²) in [7, 11) is 6.24. The van der Waals surface area contributed by atoms with Gasteiger partial charge in [-0.05, 0) is 30.3 Å². The van der Waals surface area contributed by atoms with Crippen molar-refractivity contribution in [3.05, 3.63) is 41.8 Å². The summed E-state index contributed by atoms with van der Waals surface area (Å²) in [5.74, 6) is 1.42. The van der Waals surface area contributed by atoms with E-state index >= 15 is 0 Å². The normalized spacial score (nSPS) is 15.2. The summed E-state index contributed by atoms with van der Waals surface area (Å²) in [6.45, 7) is 0.238. The molecule has 9 nitrogen and oxygen atoms in total. The molecule has 3 aromatic rings. The maximum absolute atomic E-state index is 12.9. The number of anilines is 2. The second-order valence-corrected chi connectivity index (χ2v) is 8.40. The predicted octanol–water partition coefficient (Wildman–Crippen LogP) is 3.84. The molecule has 178 valence electrons. The Morgan fingerprint density at radius 1 is 1.00 bits per heavy atom. The van der Waals surface area contributed by atoms with E-state index in [4.69, 9.17) is 18.9 Å². The lowest BCUT2D eigenvalue weighted by Crippen LogP contribution is -2.28. The number of nitrogens with zero attached hydrogens (tertiary/aromatic N) is 2. The van der Waals surface area contributed by atoms with Crippen LogP contribution >= 0.6 is 11.3 Å². The molecule has 1 aliphatic rings. The van der Waals surface area contributed by atoms with E-state index < -0.39 is 5.92 Å². The van der Waals surface area contributed by atoms with Crippen molar-refractivity contribution in [2.45, 2.75) is 6.42 Å². The molecule has 2 heterocycles. The van der Waals surface area contributed by atoms with Gasteiger partial charge in [0.15, 0.2) is 16.6 Å². The second-order valence-electron chi connectivity index (χ2n) is 7.54. The Morgan fingerprint density at radius 3 is 2.44 bits per heavy atom. The molecule has 1 N–H and O–H groups in total. The number of rotatable bonds is 8. The van der Waals surface area contributed by atoms with Crippen LogP contribution in [0.1, 0.15) is 6.42 Å². The molecule has 0 saturated carbocycles. The molecule has 34 heavy (non-hydrogen) atoms. The molecule has 4 rings (SSSR count). The third-order valence-corrected chi connectivity index (χ3v) is 6.34. The average Bonchev–Trinajstić information content (AvgIpc) is 3.49. The van der Waals surface area contributed by atoms with E-state index in [0.29, 0.717) is 39.5 Å². The van der Waals surface area contributed by atoms with Crippen LogP contribution in [-0.4, -0.2) is 51.8 Å². The Bertz CT molecular complexity index is 1210. The van der Waals surface area contributed by atoms with E-state index in [0.717, 1.165) is 5.56 Å². The van der Waals surface area contributed by atoms with Gasteiger partial charge in [-0.1, -0.05) is 0 Å². The quantitative estimate of drug-likeness (QED) is 0.520. The first-order valence-corrected chi connectivity index (χ1v) is 11.4. The van der Waals surface area contributed by atoms with Crippen LogP contribution in [0.2, 0.25) is 0 Å². The summed E-state index contributed by atoms with van der Waals surface area (Å²) >= 11 is 1.31. The van der Waals surface area contributed by atoms with Gasteiger partial charge in [0.2, 0.25) is 11.8 Å². The van der Waals surface area contributed by atoms with Crippen molar-refractivity contribution in [3.8, 4) is 34.3 Å². The van der Waals surface area contributed by atoms with Gasteiger partial charge >= 0.3 is 0 Å². The van der Waals surface area contributed by atoms with Crippen LogP contribution in [0, 0.1) is 5.92 Å². The van der Waals surface area contributed by atoms with Crippen molar-refractivity contribution in [3.63, 3.8) is 0 Å². The van der Waals surface area contributed by atoms with Crippen molar-refractivity contribution >= 4 is 34.0 Å². The molecule has 0 spiro atoms. The fourth-order valence-electron chi connectivity index (χ4n) is 3.79. The van der Waals surface area contributed by atoms with Crippen LogP contribution < -0.4 is 29.2 Å². The first-order valence-electron chi connectivity index (χ1n) is 10.5.